The first kappa shape index (κ1) is 22.7. The lowest BCUT2D eigenvalue weighted by atomic mass is 10.2. The van der Waals surface area contributed by atoms with Crippen molar-refractivity contribution in [3.05, 3.63) is 0 Å². The number of guanidine groups is 1. The predicted octanol–water partition coefficient (Wildman–Crippen LogP) is 1.82. The number of rotatable bonds is 14. The first-order chi connectivity index (χ1) is 12.8. The molecular formula is C19H38N4O3. The van der Waals surface area contributed by atoms with Gasteiger partial charge in [0.05, 0.1) is 26.4 Å². The van der Waals surface area contributed by atoms with Gasteiger partial charge in [-0.3, -0.25) is 9.79 Å². The van der Waals surface area contributed by atoms with Gasteiger partial charge in [-0.15, -0.1) is 0 Å². The number of hydrogen-bond donors (Lipinski definition) is 3. The lowest BCUT2D eigenvalue weighted by Gasteiger charge is -2.14. The summed E-state index contributed by atoms with van der Waals surface area (Å²) >= 11 is 0. The molecule has 1 aliphatic carbocycles. The van der Waals surface area contributed by atoms with E-state index in [0.29, 0.717) is 45.4 Å². The van der Waals surface area contributed by atoms with Crippen molar-refractivity contribution in [1.29, 1.82) is 0 Å². The molecule has 7 nitrogen and oxygen atoms in total. The third-order valence-electron chi connectivity index (χ3n) is 4.23. The van der Waals surface area contributed by atoms with Crippen LogP contribution in [-0.2, 0) is 14.3 Å². The second-order valence-electron chi connectivity index (χ2n) is 6.56. The highest BCUT2D eigenvalue weighted by Crippen LogP contribution is 2.17. The Hall–Kier alpha value is -1.34. The number of carbonyl (C=O) groups excluding carboxylic acids is 1. The second-order valence-corrected chi connectivity index (χ2v) is 6.56. The van der Waals surface area contributed by atoms with Crippen LogP contribution < -0.4 is 16.0 Å². The van der Waals surface area contributed by atoms with Gasteiger partial charge in [0.25, 0.3) is 0 Å². The number of amides is 1. The molecule has 0 saturated heterocycles. The zero-order valence-corrected chi connectivity index (χ0v) is 16.6. The average molecular weight is 371 g/mol. The van der Waals surface area contributed by atoms with Crippen molar-refractivity contribution in [2.75, 3.05) is 46.1 Å². The molecule has 7 heteroatoms. The summed E-state index contributed by atoms with van der Waals surface area (Å²) in [5.74, 6) is 0.843. The molecule has 1 saturated carbocycles. The largest absolute Gasteiger partial charge is 0.379 e. The zero-order chi connectivity index (χ0) is 18.9. The van der Waals surface area contributed by atoms with E-state index in [0.717, 1.165) is 44.8 Å². The molecule has 0 aromatic rings. The highest BCUT2D eigenvalue weighted by Gasteiger charge is 2.16. The molecule has 152 valence electrons. The van der Waals surface area contributed by atoms with Crippen LogP contribution in [0.5, 0.6) is 0 Å². The fourth-order valence-corrected chi connectivity index (χ4v) is 2.80. The molecule has 0 heterocycles. The van der Waals surface area contributed by atoms with Crippen LogP contribution in [0.4, 0.5) is 0 Å². The first-order valence-electron chi connectivity index (χ1n) is 10.2. The van der Waals surface area contributed by atoms with Gasteiger partial charge in [0.15, 0.2) is 5.96 Å². The minimum Gasteiger partial charge on any atom is -0.379 e. The van der Waals surface area contributed by atoms with Gasteiger partial charge in [-0.1, -0.05) is 26.2 Å². The van der Waals surface area contributed by atoms with Crippen LogP contribution in [0.3, 0.4) is 0 Å². The van der Waals surface area contributed by atoms with Crippen molar-refractivity contribution in [3.8, 4) is 0 Å². The monoisotopic (exact) mass is 370 g/mol. The van der Waals surface area contributed by atoms with E-state index >= 15 is 0 Å². The Balaban J connectivity index is 2.07. The molecule has 1 amide bonds. The molecule has 0 unspecified atom stereocenters. The highest BCUT2D eigenvalue weighted by atomic mass is 16.5. The fourth-order valence-electron chi connectivity index (χ4n) is 2.80. The van der Waals surface area contributed by atoms with Crippen molar-refractivity contribution in [2.45, 2.75) is 64.8 Å². The number of ether oxygens (including phenoxy) is 2. The van der Waals surface area contributed by atoms with Gasteiger partial charge in [-0.25, -0.2) is 0 Å². The lowest BCUT2D eigenvalue weighted by molar-refractivity contribution is -0.121. The van der Waals surface area contributed by atoms with E-state index < -0.39 is 0 Å². The maximum atomic E-state index is 11.9. The van der Waals surface area contributed by atoms with E-state index in [1.165, 1.54) is 12.8 Å². The maximum absolute atomic E-state index is 11.9. The van der Waals surface area contributed by atoms with Gasteiger partial charge < -0.3 is 25.4 Å². The van der Waals surface area contributed by atoms with Crippen LogP contribution in [0, 0.1) is 0 Å². The molecule has 0 spiro atoms. The van der Waals surface area contributed by atoms with E-state index in [2.05, 4.69) is 27.9 Å². The number of aliphatic imine (C=N–C) groups is 1. The van der Waals surface area contributed by atoms with Gasteiger partial charge in [-0.05, 0) is 26.2 Å². The first-order valence-corrected chi connectivity index (χ1v) is 10.2. The number of hydrogen-bond acceptors (Lipinski definition) is 4. The average Bonchev–Trinajstić information content (AvgIpc) is 3.13. The summed E-state index contributed by atoms with van der Waals surface area (Å²) in [5.41, 5.74) is 0. The number of unbranched alkanes of at least 4 members (excludes halogenated alkanes) is 1. The third kappa shape index (κ3) is 12.1. The van der Waals surface area contributed by atoms with Crippen molar-refractivity contribution < 1.29 is 14.3 Å². The molecule has 0 radical (unpaired) electrons. The van der Waals surface area contributed by atoms with Crippen LogP contribution in [0.1, 0.15) is 58.8 Å². The molecule has 0 aliphatic heterocycles. The number of carbonyl (C=O) groups is 1. The summed E-state index contributed by atoms with van der Waals surface area (Å²) in [4.78, 5) is 16.4. The molecular weight excluding hydrogens is 332 g/mol. The summed E-state index contributed by atoms with van der Waals surface area (Å²) in [5, 5.41) is 9.48. The van der Waals surface area contributed by atoms with Crippen molar-refractivity contribution in [2.24, 2.45) is 4.99 Å². The van der Waals surface area contributed by atoms with Gasteiger partial charge >= 0.3 is 0 Å². The van der Waals surface area contributed by atoms with Crippen molar-refractivity contribution in [1.82, 2.24) is 16.0 Å². The Bertz CT molecular complexity index is 385. The molecule has 0 aromatic carbocycles. The van der Waals surface area contributed by atoms with Crippen LogP contribution in [0.15, 0.2) is 4.99 Å². The van der Waals surface area contributed by atoms with Crippen LogP contribution in [-0.4, -0.2) is 64.0 Å². The third-order valence-corrected chi connectivity index (χ3v) is 4.23. The lowest BCUT2D eigenvalue weighted by Crippen LogP contribution is -2.40. The van der Waals surface area contributed by atoms with Gasteiger partial charge in [0.1, 0.15) is 0 Å². The number of nitrogens with zero attached hydrogens (tertiary/aromatic N) is 1. The highest BCUT2D eigenvalue weighted by molar-refractivity contribution is 5.81. The molecule has 0 bridgehead atoms. The standard InChI is InChI=1S/C19H38N4O3/c1-3-5-13-25-15-16-26-14-12-22-19(20-4-2)21-11-10-18(24)23-17-8-6-7-9-17/h17H,3-16H2,1-2H3,(H,23,24)(H2,20,21,22). The van der Waals surface area contributed by atoms with E-state index in [1.54, 1.807) is 0 Å². The fraction of sp³-hybridized carbons (Fsp3) is 0.895. The van der Waals surface area contributed by atoms with Gasteiger partial charge in [0.2, 0.25) is 5.91 Å². The summed E-state index contributed by atoms with van der Waals surface area (Å²) in [6, 6.07) is 0.382. The van der Waals surface area contributed by atoms with Crippen LogP contribution in [0.25, 0.3) is 0 Å². The Kier molecular flexibility index (Phi) is 13.9. The smallest absolute Gasteiger partial charge is 0.221 e. The Labute approximate surface area is 158 Å². The normalized spacial score (nSPS) is 15.2. The van der Waals surface area contributed by atoms with Crippen LogP contribution in [0.2, 0.25) is 0 Å². The second kappa shape index (κ2) is 15.9. The molecule has 0 aromatic heterocycles. The molecule has 1 fully saturated rings. The minimum absolute atomic E-state index is 0.117. The summed E-state index contributed by atoms with van der Waals surface area (Å²) in [6.45, 7) is 8.73. The summed E-state index contributed by atoms with van der Waals surface area (Å²) in [6.07, 6.45) is 7.41. The van der Waals surface area contributed by atoms with E-state index in [4.69, 9.17) is 9.47 Å². The van der Waals surface area contributed by atoms with E-state index in [-0.39, 0.29) is 5.91 Å². The minimum atomic E-state index is 0.117. The Morgan fingerprint density at radius 1 is 1.04 bits per heavy atom. The molecule has 1 rings (SSSR count). The Morgan fingerprint density at radius 2 is 1.77 bits per heavy atom. The van der Waals surface area contributed by atoms with E-state index in [9.17, 15) is 4.79 Å². The molecule has 0 atom stereocenters. The van der Waals surface area contributed by atoms with Gasteiger partial charge in [0, 0.05) is 32.2 Å². The SMILES string of the molecule is CCCCOCCOCCN=C(NCC)NCCC(=O)NC1CCCC1. The summed E-state index contributed by atoms with van der Waals surface area (Å²) < 4.78 is 10.9. The molecule has 1 aliphatic rings. The molecule has 3 N–H and O–H groups in total. The number of nitrogens with one attached hydrogen (secondary N) is 3. The molecule has 26 heavy (non-hydrogen) atoms. The predicted molar refractivity (Wildman–Crippen MR) is 106 cm³/mol. The van der Waals surface area contributed by atoms with Gasteiger partial charge in [-0.2, -0.15) is 0 Å². The van der Waals surface area contributed by atoms with Crippen molar-refractivity contribution >= 4 is 11.9 Å². The quantitative estimate of drug-likeness (QED) is 0.247. The summed E-state index contributed by atoms with van der Waals surface area (Å²) in [7, 11) is 0. The maximum Gasteiger partial charge on any atom is 0.221 e. The van der Waals surface area contributed by atoms with E-state index in [1.807, 2.05) is 6.92 Å². The Morgan fingerprint density at radius 3 is 2.46 bits per heavy atom. The zero-order valence-electron chi connectivity index (χ0n) is 16.6. The van der Waals surface area contributed by atoms with Crippen LogP contribution >= 0.6 is 0 Å². The topological polar surface area (TPSA) is 84.0 Å². The van der Waals surface area contributed by atoms with Crippen molar-refractivity contribution in [3.63, 3.8) is 0 Å².